The van der Waals surface area contributed by atoms with E-state index in [2.05, 4.69) is 10.1 Å². The van der Waals surface area contributed by atoms with Crippen LogP contribution < -0.4 is 14.8 Å². The lowest BCUT2D eigenvalue weighted by Crippen LogP contribution is -2.25. The van der Waals surface area contributed by atoms with Crippen LogP contribution in [0.4, 0.5) is 9.18 Å². The summed E-state index contributed by atoms with van der Waals surface area (Å²) < 4.78 is 28.3. The van der Waals surface area contributed by atoms with Gasteiger partial charge in [0.2, 0.25) is 0 Å². The number of methoxy groups -OCH3 is 3. The monoisotopic (exact) mass is 257 g/mol. The van der Waals surface area contributed by atoms with Crippen LogP contribution in [0.25, 0.3) is 0 Å². The van der Waals surface area contributed by atoms with E-state index in [9.17, 15) is 9.18 Å². The quantitative estimate of drug-likeness (QED) is 0.873. The molecule has 0 spiro atoms. The van der Waals surface area contributed by atoms with Gasteiger partial charge in [0.05, 0.1) is 21.3 Å². The first-order valence-corrected chi connectivity index (χ1v) is 5.35. The molecule has 18 heavy (non-hydrogen) atoms. The molecule has 1 aromatic rings. The van der Waals surface area contributed by atoms with Crippen molar-refractivity contribution in [2.75, 3.05) is 27.9 Å². The minimum atomic E-state index is -0.545. The number of hydrogen-bond acceptors (Lipinski definition) is 4. The lowest BCUT2D eigenvalue weighted by Gasteiger charge is -2.11. The van der Waals surface area contributed by atoms with Gasteiger partial charge in [-0.25, -0.2) is 9.18 Å². The van der Waals surface area contributed by atoms with Crippen molar-refractivity contribution in [2.45, 2.75) is 6.42 Å². The average Bonchev–Trinajstić information content (AvgIpc) is 2.39. The molecule has 0 saturated carbocycles. The lowest BCUT2D eigenvalue weighted by atomic mass is 10.1. The molecule has 1 N–H and O–H groups in total. The highest BCUT2D eigenvalue weighted by Crippen LogP contribution is 2.31. The number of alkyl carbamates (subject to hydrolysis) is 1. The van der Waals surface area contributed by atoms with Gasteiger partial charge in [0.15, 0.2) is 17.3 Å². The molecule has 0 unspecified atom stereocenters. The van der Waals surface area contributed by atoms with Crippen molar-refractivity contribution in [1.29, 1.82) is 0 Å². The largest absolute Gasteiger partial charge is 0.493 e. The zero-order valence-corrected chi connectivity index (χ0v) is 10.6. The van der Waals surface area contributed by atoms with E-state index in [0.717, 1.165) is 0 Å². The van der Waals surface area contributed by atoms with Crippen LogP contribution in [0.2, 0.25) is 0 Å². The molecule has 0 fully saturated rings. The Morgan fingerprint density at radius 3 is 2.56 bits per heavy atom. The number of nitrogens with one attached hydrogen (secondary N) is 1. The van der Waals surface area contributed by atoms with E-state index in [1.54, 1.807) is 12.1 Å². The third-order valence-corrected chi connectivity index (χ3v) is 2.41. The molecule has 1 aromatic carbocycles. The lowest BCUT2D eigenvalue weighted by molar-refractivity contribution is 0.171. The Hall–Kier alpha value is -1.98. The Morgan fingerprint density at radius 1 is 1.28 bits per heavy atom. The van der Waals surface area contributed by atoms with Crippen LogP contribution in [0.15, 0.2) is 12.1 Å². The van der Waals surface area contributed by atoms with E-state index in [1.807, 2.05) is 0 Å². The maximum Gasteiger partial charge on any atom is 0.406 e. The average molecular weight is 257 g/mol. The summed E-state index contributed by atoms with van der Waals surface area (Å²) >= 11 is 0. The van der Waals surface area contributed by atoms with Gasteiger partial charge in [-0.3, -0.25) is 0 Å². The summed E-state index contributed by atoms with van der Waals surface area (Å²) in [5, 5.41) is 2.47. The van der Waals surface area contributed by atoms with Crippen molar-refractivity contribution in [3.63, 3.8) is 0 Å². The number of ether oxygens (including phenoxy) is 3. The second kappa shape index (κ2) is 6.68. The Balaban J connectivity index is 2.75. The van der Waals surface area contributed by atoms with Gasteiger partial charge in [0.25, 0.3) is 0 Å². The maximum absolute atomic E-state index is 14.0. The van der Waals surface area contributed by atoms with E-state index >= 15 is 0 Å². The second-order valence-corrected chi connectivity index (χ2v) is 3.44. The number of halogens is 1. The molecule has 0 aliphatic heterocycles. The van der Waals surface area contributed by atoms with Crippen LogP contribution in [0.5, 0.6) is 11.5 Å². The molecule has 0 atom stereocenters. The van der Waals surface area contributed by atoms with Crippen molar-refractivity contribution in [3.05, 3.63) is 23.5 Å². The Labute approximate surface area is 105 Å². The van der Waals surface area contributed by atoms with Crippen molar-refractivity contribution >= 4 is 6.09 Å². The fourth-order valence-corrected chi connectivity index (χ4v) is 1.49. The molecule has 5 nitrogen and oxygen atoms in total. The molecule has 0 bridgehead atoms. The zero-order valence-electron chi connectivity index (χ0n) is 10.6. The fraction of sp³-hybridized carbons (Fsp3) is 0.417. The van der Waals surface area contributed by atoms with Crippen molar-refractivity contribution in [2.24, 2.45) is 0 Å². The summed E-state index contributed by atoms with van der Waals surface area (Å²) in [7, 11) is 4.08. The topological polar surface area (TPSA) is 56.8 Å². The van der Waals surface area contributed by atoms with Crippen molar-refractivity contribution in [1.82, 2.24) is 5.32 Å². The van der Waals surface area contributed by atoms with E-state index in [0.29, 0.717) is 17.7 Å². The highest BCUT2D eigenvalue weighted by Gasteiger charge is 2.14. The maximum atomic E-state index is 14.0. The first kappa shape index (κ1) is 14.1. The van der Waals surface area contributed by atoms with E-state index in [1.165, 1.54) is 21.3 Å². The van der Waals surface area contributed by atoms with E-state index in [-0.39, 0.29) is 12.3 Å². The molecule has 1 rings (SSSR count). The van der Waals surface area contributed by atoms with Gasteiger partial charge < -0.3 is 19.5 Å². The number of carbonyl (C=O) groups excluding carboxylic acids is 1. The molecule has 0 radical (unpaired) electrons. The van der Waals surface area contributed by atoms with Crippen LogP contribution in [0.3, 0.4) is 0 Å². The molecule has 0 saturated heterocycles. The molecule has 6 heteroatoms. The third kappa shape index (κ3) is 3.26. The fourth-order valence-electron chi connectivity index (χ4n) is 1.49. The normalized spacial score (nSPS) is 9.78. The van der Waals surface area contributed by atoms with Crippen molar-refractivity contribution < 1.29 is 23.4 Å². The first-order chi connectivity index (χ1) is 8.63. The molecule has 100 valence electrons. The summed E-state index contributed by atoms with van der Waals surface area (Å²) in [6.07, 6.45) is -0.211. The van der Waals surface area contributed by atoms with Gasteiger partial charge in [-0.1, -0.05) is 6.07 Å². The Kier molecular flexibility index (Phi) is 5.23. The summed E-state index contributed by atoms with van der Waals surface area (Å²) in [6, 6.07) is 3.21. The van der Waals surface area contributed by atoms with Gasteiger partial charge in [-0.15, -0.1) is 0 Å². The zero-order chi connectivity index (χ0) is 13.5. The van der Waals surface area contributed by atoms with Crippen LogP contribution in [-0.4, -0.2) is 34.0 Å². The molecule has 0 aromatic heterocycles. The number of carbonyl (C=O) groups is 1. The highest BCUT2D eigenvalue weighted by atomic mass is 19.1. The summed E-state index contributed by atoms with van der Waals surface area (Å²) in [5.74, 6) is -0.0868. The standard InChI is InChI=1S/C12H16FNO4/c1-16-9-5-4-8(10(13)11(9)17-2)6-7-14-12(15)18-3/h4-5H,6-7H2,1-3H3,(H,14,15). The molecule has 0 heterocycles. The van der Waals surface area contributed by atoms with Crippen LogP contribution in [0.1, 0.15) is 5.56 Å². The van der Waals surface area contributed by atoms with Crippen LogP contribution in [0, 0.1) is 5.82 Å². The predicted octanol–water partition coefficient (Wildman–Crippen LogP) is 1.74. The third-order valence-electron chi connectivity index (χ3n) is 2.41. The summed E-state index contributed by atoms with van der Waals surface area (Å²) in [6.45, 7) is 0.277. The SMILES string of the molecule is COC(=O)NCCc1ccc(OC)c(OC)c1F. The molecular weight excluding hydrogens is 241 g/mol. The van der Waals surface area contributed by atoms with Gasteiger partial charge >= 0.3 is 6.09 Å². The smallest absolute Gasteiger partial charge is 0.406 e. The van der Waals surface area contributed by atoms with Gasteiger partial charge in [-0.05, 0) is 18.1 Å². The number of amides is 1. The van der Waals surface area contributed by atoms with Gasteiger partial charge in [-0.2, -0.15) is 0 Å². The first-order valence-electron chi connectivity index (χ1n) is 5.35. The minimum absolute atomic E-state index is 0.0630. The van der Waals surface area contributed by atoms with Crippen LogP contribution >= 0.6 is 0 Å². The minimum Gasteiger partial charge on any atom is -0.493 e. The predicted molar refractivity (Wildman–Crippen MR) is 63.6 cm³/mol. The Morgan fingerprint density at radius 2 is 2.00 bits per heavy atom. The number of benzene rings is 1. The molecular formula is C12H16FNO4. The number of rotatable bonds is 5. The molecule has 0 aliphatic rings. The van der Waals surface area contributed by atoms with E-state index in [4.69, 9.17) is 9.47 Å². The van der Waals surface area contributed by atoms with Crippen molar-refractivity contribution in [3.8, 4) is 11.5 Å². The van der Waals surface area contributed by atoms with Gasteiger partial charge in [0, 0.05) is 6.54 Å². The van der Waals surface area contributed by atoms with Gasteiger partial charge in [0.1, 0.15) is 0 Å². The Bertz CT molecular complexity index is 423. The number of hydrogen-bond donors (Lipinski definition) is 1. The van der Waals surface area contributed by atoms with Crippen LogP contribution in [-0.2, 0) is 11.2 Å². The summed E-state index contributed by atoms with van der Waals surface area (Å²) in [5.41, 5.74) is 0.434. The molecule has 1 amide bonds. The highest BCUT2D eigenvalue weighted by molar-refractivity contribution is 5.66. The second-order valence-electron chi connectivity index (χ2n) is 3.44. The molecule has 0 aliphatic carbocycles. The van der Waals surface area contributed by atoms with E-state index < -0.39 is 11.9 Å². The summed E-state index contributed by atoms with van der Waals surface area (Å²) in [4.78, 5) is 10.8.